The molecular formula is C23H20N2O4S. The highest BCUT2D eigenvalue weighted by atomic mass is 32.1. The van der Waals surface area contributed by atoms with Gasteiger partial charge >= 0.3 is 0 Å². The van der Waals surface area contributed by atoms with Crippen LogP contribution in [0.5, 0.6) is 17.2 Å². The van der Waals surface area contributed by atoms with Gasteiger partial charge in [0.2, 0.25) is 0 Å². The van der Waals surface area contributed by atoms with Crippen molar-refractivity contribution in [1.82, 2.24) is 4.98 Å². The highest BCUT2D eigenvalue weighted by Crippen LogP contribution is 2.34. The summed E-state index contributed by atoms with van der Waals surface area (Å²) in [5, 5.41) is 3.74. The van der Waals surface area contributed by atoms with E-state index in [1.54, 1.807) is 49.8 Å². The average molecular weight is 420 g/mol. The van der Waals surface area contributed by atoms with Crippen molar-refractivity contribution >= 4 is 33.1 Å². The molecule has 0 radical (unpaired) electrons. The number of aromatic nitrogens is 1. The number of hydrogen-bond donors (Lipinski definition) is 1. The number of carbonyl (C=O) groups excluding carboxylic acids is 1. The van der Waals surface area contributed by atoms with Crippen LogP contribution in [0.15, 0.2) is 66.7 Å². The molecule has 0 aliphatic heterocycles. The van der Waals surface area contributed by atoms with Crippen LogP contribution >= 0.6 is 11.3 Å². The zero-order chi connectivity index (χ0) is 20.9. The number of fused-ring (bicyclic) bond motifs is 1. The topological polar surface area (TPSA) is 69.7 Å². The van der Waals surface area contributed by atoms with Gasteiger partial charge in [0, 0.05) is 5.56 Å². The van der Waals surface area contributed by atoms with Gasteiger partial charge in [-0.3, -0.25) is 4.79 Å². The first-order valence-electron chi connectivity index (χ1n) is 9.27. The van der Waals surface area contributed by atoms with E-state index in [2.05, 4.69) is 10.3 Å². The molecule has 0 bridgehead atoms. The number of benzene rings is 3. The molecule has 1 heterocycles. The Kier molecular flexibility index (Phi) is 5.81. The number of anilines is 1. The summed E-state index contributed by atoms with van der Waals surface area (Å²) in [6.07, 6.45) is 0. The van der Waals surface area contributed by atoms with E-state index in [4.69, 9.17) is 14.2 Å². The van der Waals surface area contributed by atoms with Crippen molar-refractivity contribution in [3.8, 4) is 27.8 Å². The van der Waals surface area contributed by atoms with Crippen molar-refractivity contribution < 1.29 is 19.0 Å². The van der Waals surface area contributed by atoms with Gasteiger partial charge in [-0.25, -0.2) is 4.98 Å². The maximum absolute atomic E-state index is 12.4. The Morgan fingerprint density at radius 2 is 1.73 bits per heavy atom. The van der Waals surface area contributed by atoms with Gasteiger partial charge in [-0.1, -0.05) is 12.1 Å². The molecule has 0 atom stereocenters. The number of amides is 1. The number of carbonyl (C=O) groups is 1. The third-order valence-corrected chi connectivity index (χ3v) is 5.53. The van der Waals surface area contributed by atoms with Gasteiger partial charge in [-0.05, 0) is 54.6 Å². The predicted octanol–water partition coefficient (Wildman–Crippen LogP) is 5.00. The van der Waals surface area contributed by atoms with Crippen molar-refractivity contribution in [1.29, 1.82) is 0 Å². The number of para-hydroxylation sites is 1. The first-order valence-corrected chi connectivity index (χ1v) is 10.1. The fraction of sp³-hybridized carbons (Fsp3) is 0.130. The van der Waals surface area contributed by atoms with Crippen LogP contribution in [-0.4, -0.2) is 31.7 Å². The molecule has 0 aliphatic rings. The Morgan fingerprint density at radius 1 is 0.967 bits per heavy atom. The molecule has 4 aromatic rings. The van der Waals surface area contributed by atoms with Crippen molar-refractivity contribution in [2.24, 2.45) is 0 Å². The van der Waals surface area contributed by atoms with Crippen LogP contribution < -0.4 is 19.5 Å². The third kappa shape index (κ3) is 4.36. The fourth-order valence-corrected chi connectivity index (χ4v) is 3.90. The van der Waals surface area contributed by atoms with Gasteiger partial charge in [0.05, 0.1) is 30.1 Å². The second kappa shape index (κ2) is 8.84. The molecule has 152 valence electrons. The third-order valence-electron chi connectivity index (χ3n) is 4.44. The monoisotopic (exact) mass is 420 g/mol. The van der Waals surface area contributed by atoms with Gasteiger partial charge in [0.1, 0.15) is 22.3 Å². The van der Waals surface area contributed by atoms with E-state index in [9.17, 15) is 4.79 Å². The van der Waals surface area contributed by atoms with Crippen LogP contribution in [0, 0.1) is 0 Å². The zero-order valence-corrected chi connectivity index (χ0v) is 17.4. The van der Waals surface area contributed by atoms with E-state index < -0.39 is 0 Å². The van der Waals surface area contributed by atoms with Crippen molar-refractivity contribution in [3.05, 3.63) is 66.7 Å². The van der Waals surface area contributed by atoms with Crippen LogP contribution in [0.25, 0.3) is 20.8 Å². The predicted molar refractivity (Wildman–Crippen MR) is 119 cm³/mol. The summed E-state index contributed by atoms with van der Waals surface area (Å²) in [4.78, 5) is 17.1. The van der Waals surface area contributed by atoms with Crippen molar-refractivity contribution in [2.45, 2.75) is 0 Å². The maximum Gasteiger partial charge on any atom is 0.262 e. The number of nitrogens with one attached hydrogen (secondary N) is 1. The number of hydrogen-bond acceptors (Lipinski definition) is 6. The van der Waals surface area contributed by atoms with Gasteiger partial charge in [0.25, 0.3) is 5.91 Å². The van der Waals surface area contributed by atoms with Gasteiger partial charge in [-0.2, -0.15) is 0 Å². The zero-order valence-electron chi connectivity index (χ0n) is 16.5. The number of thiazole rings is 1. The molecule has 0 aliphatic carbocycles. The van der Waals surface area contributed by atoms with E-state index in [0.29, 0.717) is 17.2 Å². The summed E-state index contributed by atoms with van der Waals surface area (Å²) in [5.41, 5.74) is 2.42. The Bertz CT molecular complexity index is 1140. The van der Waals surface area contributed by atoms with Crippen LogP contribution in [0.4, 0.5) is 5.69 Å². The molecule has 1 aromatic heterocycles. The maximum atomic E-state index is 12.4. The number of nitrogens with zero attached hydrogens (tertiary/aromatic N) is 1. The molecule has 0 saturated carbocycles. The Morgan fingerprint density at radius 3 is 2.47 bits per heavy atom. The molecule has 7 heteroatoms. The molecule has 6 nitrogen and oxygen atoms in total. The second-order valence-electron chi connectivity index (χ2n) is 6.41. The molecule has 1 N–H and O–H groups in total. The summed E-state index contributed by atoms with van der Waals surface area (Å²) < 4.78 is 17.2. The van der Waals surface area contributed by atoms with E-state index in [0.717, 1.165) is 26.5 Å². The van der Waals surface area contributed by atoms with E-state index in [1.807, 2.05) is 42.5 Å². The smallest absolute Gasteiger partial charge is 0.262 e. The molecule has 3 aromatic carbocycles. The lowest BCUT2D eigenvalue weighted by atomic mass is 10.2. The van der Waals surface area contributed by atoms with Gasteiger partial charge in [0.15, 0.2) is 6.61 Å². The van der Waals surface area contributed by atoms with Crippen LogP contribution in [0.1, 0.15) is 0 Å². The molecule has 30 heavy (non-hydrogen) atoms. The second-order valence-corrected chi connectivity index (χ2v) is 7.44. The highest BCUT2D eigenvalue weighted by molar-refractivity contribution is 7.21. The van der Waals surface area contributed by atoms with Gasteiger partial charge in [-0.15, -0.1) is 11.3 Å². The van der Waals surface area contributed by atoms with Crippen LogP contribution in [-0.2, 0) is 4.79 Å². The molecule has 0 unspecified atom stereocenters. The van der Waals surface area contributed by atoms with Gasteiger partial charge < -0.3 is 19.5 Å². The lowest BCUT2D eigenvalue weighted by Gasteiger charge is -2.12. The first-order chi connectivity index (χ1) is 14.7. The number of ether oxygens (including phenoxy) is 3. The van der Waals surface area contributed by atoms with Crippen LogP contribution in [0.3, 0.4) is 0 Å². The van der Waals surface area contributed by atoms with Crippen molar-refractivity contribution in [3.63, 3.8) is 0 Å². The molecule has 4 rings (SSSR count). The molecule has 1 amide bonds. The minimum atomic E-state index is -0.287. The highest BCUT2D eigenvalue weighted by Gasteiger charge is 2.13. The standard InChI is InChI=1S/C23H20N2O4S/c1-27-16-8-10-17(11-9-16)29-14-22(26)24-19-13-15(7-12-20(19)28-2)23-25-18-5-3-4-6-21(18)30-23/h3-13H,14H2,1-2H3,(H,24,26). The molecule has 0 spiro atoms. The Labute approximate surface area is 178 Å². The van der Waals surface area contributed by atoms with E-state index >= 15 is 0 Å². The summed E-state index contributed by atoms with van der Waals surface area (Å²) in [7, 11) is 3.16. The normalized spacial score (nSPS) is 10.6. The lowest BCUT2D eigenvalue weighted by Crippen LogP contribution is -2.20. The minimum absolute atomic E-state index is 0.124. The number of rotatable bonds is 7. The first kappa shape index (κ1) is 19.7. The van der Waals surface area contributed by atoms with E-state index in [-0.39, 0.29) is 12.5 Å². The van der Waals surface area contributed by atoms with Crippen LogP contribution in [0.2, 0.25) is 0 Å². The molecular weight excluding hydrogens is 400 g/mol. The lowest BCUT2D eigenvalue weighted by molar-refractivity contribution is -0.118. The molecule has 0 saturated heterocycles. The summed E-state index contributed by atoms with van der Waals surface area (Å²) in [5.74, 6) is 1.59. The largest absolute Gasteiger partial charge is 0.497 e. The summed E-state index contributed by atoms with van der Waals surface area (Å²) in [6, 6.07) is 20.7. The minimum Gasteiger partial charge on any atom is -0.497 e. The summed E-state index contributed by atoms with van der Waals surface area (Å²) in [6.45, 7) is -0.124. The molecule has 0 fully saturated rings. The quantitative estimate of drug-likeness (QED) is 0.456. The SMILES string of the molecule is COc1ccc(OCC(=O)Nc2cc(-c3nc4ccccc4s3)ccc2OC)cc1. The van der Waals surface area contributed by atoms with Crippen molar-refractivity contribution in [2.75, 3.05) is 26.1 Å². The fourth-order valence-electron chi connectivity index (χ4n) is 2.94. The number of methoxy groups -OCH3 is 2. The average Bonchev–Trinajstić information content (AvgIpc) is 3.22. The van der Waals surface area contributed by atoms with E-state index in [1.165, 1.54) is 0 Å². The Hall–Kier alpha value is -3.58. The summed E-state index contributed by atoms with van der Waals surface area (Å²) >= 11 is 1.60. The Balaban J connectivity index is 1.49.